The van der Waals surface area contributed by atoms with Crippen molar-refractivity contribution >= 4 is 43.5 Å². The summed E-state index contributed by atoms with van der Waals surface area (Å²) in [6.45, 7) is 0.246. The number of benzene rings is 3. The largest absolute Gasteiger partial charge is 0.357 e. The van der Waals surface area contributed by atoms with E-state index in [9.17, 15) is 22.4 Å². The van der Waals surface area contributed by atoms with Crippen LogP contribution in [0, 0.1) is 5.82 Å². The van der Waals surface area contributed by atoms with Crippen LogP contribution in [0.3, 0.4) is 0 Å². The quantitative estimate of drug-likeness (QED) is 0.330. The van der Waals surface area contributed by atoms with E-state index < -0.39 is 21.9 Å². The molecular weight excluding hydrogens is 573 g/mol. The molecule has 0 fully saturated rings. The molecule has 2 amide bonds. The van der Waals surface area contributed by atoms with Crippen LogP contribution >= 0.6 is 15.9 Å². The van der Waals surface area contributed by atoms with Gasteiger partial charge in [0.1, 0.15) is 11.9 Å². The minimum absolute atomic E-state index is 0.0199. The maximum Gasteiger partial charge on any atom is 0.242 e. The Bertz CT molecular complexity index is 1320. The molecule has 7 nitrogen and oxygen atoms in total. The second-order valence-corrected chi connectivity index (χ2v) is 11.7. The van der Waals surface area contributed by atoms with Crippen molar-refractivity contribution in [3.05, 3.63) is 100 Å². The lowest BCUT2D eigenvalue weighted by Gasteiger charge is -2.31. The number of hydrogen-bond acceptors (Lipinski definition) is 4. The number of hydrogen-bond donors (Lipinski definition) is 1. The van der Waals surface area contributed by atoms with Crippen LogP contribution in [0.4, 0.5) is 10.1 Å². The minimum atomic E-state index is -3.66. The monoisotopic (exact) mass is 603 g/mol. The molecule has 3 rings (SSSR count). The van der Waals surface area contributed by atoms with Crippen molar-refractivity contribution in [1.29, 1.82) is 0 Å². The minimum Gasteiger partial charge on any atom is -0.357 e. The SMILES string of the molecule is CNC(=O)[C@H](Cc1ccccc1)N(Cc1ccc(Br)cc1)C(=O)CCCN(c1ccc(F)cc1)S(C)(=O)=O. The summed E-state index contributed by atoms with van der Waals surface area (Å²) in [6, 6.07) is 21.4. The van der Waals surface area contributed by atoms with Gasteiger partial charge in [0, 0.05) is 37.5 Å². The van der Waals surface area contributed by atoms with Gasteiger partial charge in [0.05, 0.1) is 11.9 Å². The number of likely N-dealkylation sites (N-methyl/N-ethyl adjacent to an activating group) is 1. The normalized spacial score (nSPS) is 12.0. The number of rotatable bonds is 12. The molecule has 0 unspecified atom stereocenters. The lowest BCUT2D eigenvalue weighted by molar-refractivity contribution is -0.141. The number of sulfonamides is 1. The van der Waals surface area contributed by atoms with E-state index in [0.29, 0.717) is 12.1 Å². The van der Waals surface area contributed by atoms with Gasteiger partial charge in [0.15, 0.2) is 0 Å². The molecule has 0 aliphatic heterocycles. The standard InChI is InChI=1S/C28H31BrFN3O4S/c1-31-28(35)26(19-21-7-4-3-5-8-21)32(20-22-10-12-23(29)13-11-22)27(34)9-6-18-33(38(2,36)37)25-16-14-24(30)15-17-25/h3-5,7-8,10-17,26H,6,9,18-20H2,1-2H3,(H,31,35)/t26-/m0/s1. The number of anilines is 1. The highest BCUT2D eigenvalue weighted by atomic mass is 79.9. The van der Waals surface area contributed by atoms with Crippen molar-refractivity contribution in [3.63, 3.8) is 0 Å². The van der Waals surface area contributed by atoms with Gasteiger partial charge in [0.2, 0.25) is 21.8 Å². The van der Waals surface area contributed by atoms with Gasteiger partial charge < -0.3 is 10.2 Å². The van der Waals surface area contributed by atoms with Crippen molar-refractivity contribution < 1.29 is 22.4 Å². The van der Waals surface area contributed by atoms with Gasteiger partial charge in [-0.1, -0.05) is 58.4 Å². The third-order valence-electron chi connectivity index (χ3n) is 6.05. The van der Waals surface area contributed by atoms with E-state index in [0.717, 1.165) is 26.2 Å². The third-order valence-corrected chi connectivity index (χ3v) is 7.77. The Morgan fingerprint density at radius 3 is 2.16 bits per heavy atom. The summed E-state index contributed by atoms with van der Waals surface area (Å²) in [6.07, 6.45) is 1.63. The van der Waals surface area contributed by atoms with Crippen LogP contribution in [-0.2, 0) is 32.6 Å². The highest BCUT2D eigenvalue weighted by Crippen LogP contribution is 2.21. The first-order valence-electron chi connectivity index (χ1n) is 12.1. The summed E-state index contributed by atoms with van der Waals surface area (Å²) < 4.78 is 40.2. The summed E-state index contributed by atoms with van der Waals surface area (Å²) in [4.78, 5) is 28.2. The van der Waals surface area contributed by atoms with E-state index in [1.165, 1.54) is 31.3 Å². The maximum absolute atomic E-state index is 13.6. The third kappa shape index (κ3) is 8.39. The number of nitrogens with zero attached hydrogens (tertiary/aromatic N) is 2. The Labute approximate surface area is 231 Å². The highest BCUT2D eigenvalue weighted by molar-refractivity contribution is 9.10. The molecule has 0 saturated carbocycles. The molecule has 0 aliphatic rings. The van der Waals surface area contributed by atoms with Gasteiger partial charge in [-0.25, -0.2) is 12.8 Å². The summed E-state index contributed by atoms with van der Waals surface area (Å²) in [5.74, 6) is -1.03. The van der Waals surface area contributed by atoms with Gasteiger partial charge in [0.25, 0.3) is 0 Å². The Hall–Kier alpha value is -3.24. The first kappa shape index (κ1) is 29.3. The van der Waals surface area contributed by atoms with E-state index in [-0.39, 0.29) is 37.7 Å². The lowest BCUT2D eigenvalue weighted by Crippen LogP contribution is -2.49. The van der Waals surface area contributed by atoms with Gasteiger partial charge in [-0.05, 0) is 53.9 Å². The molecule has 38 heavy (non-hydrogen) atoms. The van der Waals surface area contributed by atoms with Crippen molar-refractivity contribution in [2.24, 2.45) is 0 Å². The number of carbonyl (C=O) groups is 2. The Balaban J connectivity index is 1.83. The average molecular weight is 605 g/mol. The van der Waals surface area contributed by atoms with Crippen LogP contribution in [-0.4, -0.2) is 51.0 Å². The fraction of sp³-hybridized carbons (Fsp3) is 0.286. The maximum atomic E-state index is 13.6. The molecule has 0 spiro atoms. The molecule has 0 aromatic heterocycles. The predicted molar refractivity (Wildman–Crippen MR) is 151 cm³/mol. The Kier molecular flexibility index (Phi) is 10.4. The van der Waals surface area contributed by atoms with E-state index in [1.54, 1.807) is 4.90 Å². The van der Waals surface area contributed by atoms with Gasteiger partial charge in [-0.3, -0.25) is 13.9 Å². The molecule has 0 heterocycles. The Morgan fingerprint density at radius 2 is 1.58 bits per heavy atom. The second kappa shape index (κ2) is 13.5. The van der Waals surface area contributed by atoms with Gasteiger partial charge in [-0.15, -0.1) is 0 Å². The van der Waals surface area contributed by atoms with Crippen molar-refractivity contribution in [2.45, 2.75) is 31.8 Å². The van der Waals surface area contributed by atoms with Crippen LogP contribution in [0.25, 0.3) is 0 Å². The molecule has 1 N–H and O–H groups in total. The molecule has 3 aromatic rings. The first-order chi connectivity index (χ1) is 18.1. The van der Waals surface area contributed by atoms with Crippen LogP contribution < -0.4 is 9.62 Å². The predicted octanol–water partition coefficient (Wildman–Crippen LogP) is 4.52. The number of nitrogens with one attached hydrogen (secondary N) is 1. The molecule has 0 aliphatic carbocycles. The van der Waals surface area contributed by atoms with Crippen LogP contribution in [0.2, 0.25) is 0 Å². The molecule has 0 bridgehead atoms. The zero-order valence-corrected chi connectivity index (χ0v) is 23.7. The number of carbonyl (C=O) groups excluding carboxylic acids is 2. The zero-order chi connectivity index (χ0) is 27.7. The molecule has 3 aromatic carbocycles. The van der Waals surface area contributed by atoms with Crippen LogP contribution in [0.5, 0.6) is 0 Å². The fourth-order valence-electron chi connectivity index (χ4n) is 4.12. The highest BCUT2D eigenvalue weighted by Gasteiger charge is 2.30. The van der Waals surface area contributed by atoms with Crippen molar-refractivity contribution in [3.8, 4) is 0 Å². The average Bonchev–Trinajstić information content (AvgIpc) is 2.89. The molecular formula is C28H31BrFN3O4S. The zero-order valence-electron chi connectivity index (χ0n) is 21.3. The summed E-state index contributed by atoms with van der Waals surface area (Å²) in [5.41, 5.74) is 2.09. The summed E-state index contributed by atoms with van der Waals surface area (Å²) in [5, 5.41) is 2.68. The lowest BCUT2D eigenvalue weighted by atomic mass is 10.0. The number of amides is 2. The van der Waals surface area contributed by atoms with Crippen LogP contribution in [0.15, 0.2) is 83.3 Å². The van der Waals surface area contributed by atoms with Crippen molar-refractivity contribution in [2.75, 3.05) is 24.2 Å². The van der Waals surface area contributed by atoms with E-state index in [2.05, 4.69) is 21.2 Å². The molecule has 1 atom stereocenters. The Morgan fingerprint density at radius 1 is 0.947 bits per heavy atom. The smallest absolute Gasteiger partial charge is 0.242 e. The summed E-state index contributed by atoms with van der Waals surface area (Å²) in [7, 11) is -2.12. The molecule has 0 saturated heterocycles. The number of halogens is 2. The van der Waals surface area contributed by atoms with Crippen LogP contribution in [0.1, 0.15) is 24.0 Å². The van der Waals surface area contributed by atoms with E-state index in [4.69, 9.17) is 0 Å². The van der Waals surface area contributed by atoms with Crippen molar-refractivity contribution in [1.82, 2.24) is 10.2 Å². The molecule has 10 heteroatoms. The fourth-order valence-corrected chi connectivity index (χ4v) is 5.35. The van der Waals surface area contributed by atoms with E-state index in [1.807, 2.05) is 54.6 Å². The topological polar surface area (TPSA) is 86.8 Å². The molecule has 202 valence electrons. The second-order valence-electron chi connectivity index (χ2n) is 8.88. The van der Waals surface area contributed by atoms with Gasteiger partial charge in [-0.2, -0.15) is 0 Å². The summed E-state index contributed by atoms with van der Waals surface area (Å²) >= 11 is 3.42. The first-order valence-corrected chi connectivity index (χ1v) is 14.8. The van der Waals surface area contributed by atoms with Gasteiger partial charge >= 0.3 is 0 Å². The van der Waals surface area contributed by atoms with E-state index >= 15 is 0 Å². The molecule has 0 radical (unpaired) electrons.